The van der Waals surface area contributed by atoms with Crippen molar-refractivity contribution in [2.24, 2.45) is 0 Å². The number of rotatable bonds is 3. The minimum Gasteiger partial charge on any atom is -0.338 e. The van der Waals surface area contributed by atoms with Crippen LogP contribution in [0.25, 0.3) is 0 Å². The molecule has 7 heteroatoms. The zero-order chi connectivity index (χ0) is 13.4. The molecule has 100 valence electrons. The number of hydrogen-bond acceptors (Lipinski definition) is 5. The first-order valence-corrected chi connectivity index (χ1v) is 6.17. The van der Waals surface area contributed by atoms with E-state index in [-0.39, 0.29) is 11.9 Å². The number of carbonyl (C=O) groups excluding carboxylic acids is 1. The monoisotopic (exact) mass is 261 g/mol. The summed E-state index contributed by atoms with van der Waals surface area (Å²) in [5.74, 6) is 1.07. The lowest BCUT2D eigenvalue weighted by Crippen LogP contribution is -2.41. The molecule has 19 heavy (non-hydrogen) atoms. The Labute approximate surface area is 110 Å². The third kappa shape index (κ3) is 2.07. The molecule has 0 radical (unpaired) electrons. The van der Waals surface area contributed by atoms with E-state index in [0.717, 1.165) is 24.7 Å². The number of fused-ring (bicyclic) bond motifs is 1. The third-order valence-corrected chi connectivity index (χ3v) is 3.25. The van der Waals surface area contributed by atoms with Crippen LogP contribution in [0.4, 0.5) is 11.8 Å². The minimum absolute atomic E-state index is 0.132. The van der Waals surface area contributed by atoms with Crippen molar-refractivity contribution in [2.45, 2.75) is 26.4 Å². The fourth-order valence-electron chi connectivity index (χ4n) is 2.21. The Morgan fingerprint density at radius 3 is 3.11 bits per heavy atom. The molecule has 0 saturated carbocycles. The number of carbonyl (C=O) groups is 1. The quantitative estimate of drug-likeness (QED) is 0.893. The van der Waals surface area contributed by atoms with Gasteiger partial charge in [0.25, 0.3) is 0 Å². The summed E-state index contributed by atoms with van der Waals surface area (Å²) < 4.78 is 7.01. The standard InChI is InChI=1S/C12H15N5O2/c1-8-7-10(19-15-8)14-11(18)9(2)17-6-5-16-4-3-13-12(16)17/h3-4,7,9H,5-6H2,1-2H3,(H,14,18). The summed E-state index contributed by atoms with van der Waals surface area (Å²) in [4.78, 5) is 18.4. The first-order chi connectivity index (χ1) is 9.15. The molecular weight excluding hydrogens is 246 g/mol. The minimum atomic E-state index is -0.311. The van der Waals surface area contributed by atoms with E-state index in [4.69, 9.17) is 4.52 Å². The predicted octanol–water partition coefficient (Wildman–Crippen LogP) is 1.03. The number of imidazole rings is 1. The van der Waals surface area contributed by atoms with Crippen molar-refractivity contribution < 1.29 is 9.32 Å². The van der Waals surface area contributed by atoms with Crippen LogP contribution >= 0.6 is 0 Å². The molecule has 0 spiro atoms. The summed E-state index contributed by atoms with van der Waals surface area (Å²) in [6, 6.07) is 1.38. The van der Waals surface area contributed by atoms with Gasteiger partial charge in [0.05, 0.1) is 5.69 Å². The van der Waals surface area contributed by atoms with E-state index < -0.39 is 0 Å². The predicted molar refractivity (Wildman–Crippen MR) is 68.9 cm³/mol. The molecule has 0 aromatic carbocycles. The van der Waals surface area contributed by atoms with Gasteiger partial charge in [-0.1, -0.05) is 5.16 Å². The van der Waals surface area contributed by atoms with Gasteiger partial charge in [-0.2, -0.15) is 0 Å². The molecule has 1 N–H and O–H groups in total. The van der Waals surface area contributed by atoms with Gasteiger partial charge in [0.2, 0.25) is 17.7 Å². The number of anilines is 2. The molecule has 1 amide bonds. The van der Waals surface area contributed by atoms with Crippen LogP contribution in [0.1, 0.15) is 12.6 Å². The fraction of sp³-hybridized carbons (Fsp3) is 0.417. The molecule has 1 aliphatic rings. The van der Waals surface area contributed by atoms with Gasteiger partial charge in [-0.05, 0) is 13.8 Å². The summed E-state index contributed by atoms with van der Waals surface area (Å²) in [6.07, 6.45) is 3.66. The van der Waals surface area contributed by atoms with E-state index in [1.807, 2.05) is 22.6 Å². The molecule has 1 atom stereocenters. The van der Waals surface area contributed by atoms with E-state index >= 15 is 0 Å². The Balaban J connectivity index is 1.71. The Hall–Kier alpha value is -2.31. The molecule has 1 aliphatic heterocycles. The highest BCUT2D eigenvalue weighted by Gasteiger charge is 2.29. The van der Waals surface area contributed by atoms with Crippen LogP contribution < -0.4 is 10.2 Å². The lowest BCUT2D eigenvalue weighted by molar-refractivity contribution is -0.117. The second-order valence-corrected chi connectivity index (χ2v) is 4.61. The third-order valence-electron chi connectivity index (χ3n) is 3.25. The number of nitrogens with one attached hydrogen (secondary N) is 1. The van der Waals surface area contributed by atoms with Crippen molar-refractivity contribution in [1.82, 2.24) is 14.7 Å². The van der Waals surface area contributed by atoms with Crippen molar-refractivity contribution in [1.29, 1.82) is 0 Å². The van der Waals surface area contributed by atoms with Crippen molar-refractivity contribution >= 4 is 17.7 Å². The SMILES string of the molecule is Cc1cc(NC(=O)C(C)N2CCn3ccnc32)on1. The van der Waals surface area contributed by atoms with E-state index in [9.17, 15) is 4.79 Å². The van der Waals surface area contributed by atoms with Crippen LogP contribution in [0.2, 0.25) is 0 Å². The van der Waals surface area contributed by atoms with Gasteiger partial charge < -0.3 is 14.0 Å². The summed E-state index contributed by atoms with van der Waals surface area (Å²) in [5, 5.41) is 6.45. The first-order valence-electron chi connectivity index (χ1n) is 6.17. The molecule has 0 saturated heterocycles. The highest BCUT2D eigenvalue weighted by atomic mass is 16.5. The largest absolute Gasteiger partial charge is 0.338 e. The van der Waals surface area contributed by atoms with Crippen LogP contribution in [-0.2, 0) is 11.3 Å². The average Bonchev–Trinajstić information content (AvgIpc) is 3.04. The van der Waals surface area contributed by atoms with Gasteiger partial charge in [0, 0.05) is 31.5 Å². The van der Waals surface area contributed by atoms with Crippen LogP contribution in [0, 0.1) is 6.92 Å². The maximum absolute atomic E-state index is 12.2. The number of aromatic nitrogens is 3. The molecular formula is C12H15N5O2. The van der Waals surface area contributed by atoms with Crippen LogP contribution in [0.5, 0.6) is 0 Å². The molecule has 2 aromatic heterocycles. The van der Waals surface area contributed by atoms with Crippen LogP contribution in [0.3, 0.4) is 0 Å². The second kappa shape index (κ2) is 4.42. The molecule has 7 nitrogen and oxygen atoms in total. The zero-order valence-electron chi connectivity index (χ0n) is 10.8. The molecule has 0 aliphatic carbocycles. The molecule has 2 aromatic rings. The highest BCUT2D eigenvalue weighted by molar-refractivity contribution is 5.95. The Morgan fingerprint density at radius 1 is 1.53 bits per heavy atom. The van der Waals surface area contributed by atoms with Crippen LogP contribution in [0.15, 0.2) is 23.0 Å². The maximum atomic E-state index is 12.2. The molecule has 0 bridgehead atoms. The molecule has 1 unspecified atom stereocenters. The Kier molecular flexibility index (Phi) is 2.73. The van der Waals surface area contributed by atoms with Gasteiger partial charge in [0.1, 0.15) is 6.04 Å². The lowest BCUT2D eigenvalue weighted by Gasteiger charge is -2.22. The number of aryl methyl sites for hydroxylation is 1. The van der Waals surface area contributed by atoms with E-state index in [1.165, 1.54) is 0 Å². The number of nitrogens with zero attached hydrogens (tertiary/aromatic N) is 4. The Morgan fingerprint density at radius 2 is 2.37 bits per heavy atom. The summed E-state index contributed by atoms with van der Waals surface area (Å²) in [7, 11) is 0. The first kappa shape index (κ1) is 11.8. The van der Waals surface area contributed by atoms with Crippen molar-refractivity contribution in [3.05, 3.63) is 24.2 Å². The average molecular weight is 261 g/mol. The van der Waals surface area contributed by atoms with Gasteiger partial charge in [-0.25, -0.2) is 4.98 Å². The van der Waals surface area contributed by atoms with Gasteiger partial charge >= 0.3 is 0 Å². The van der Waals surface area contributed by atoms with Crippen molar-refractivity contribution in [2.75, 3.05) is 16.8 Å². The van der Waals surface area contributed by atoms with E-state index in [0.29, 0.717) is 5.88 Å². The number of hydrogen-bond donors (Lipinski definition) is 1. The van der Waals surface area contributed by atoms with Crippen molar-refractivity contribution in [3.8, 4) is 0 Å². The Bertz CT molecular complexity index is 603. The van der Waals surface area contributed by atoms with Gasteiger partial charge in [-0.15, -0.1) is 0 Å². The zero-order valence-corrected chi connectivity index (χ0v) is 10.8. The second-order valence-electron chi connectivity index (χ2n) is 4.61. The topological polar surface area (TPSA) is 76.2 Å². The smallest absolute Gasteiger partial charge is 0.249 e. The molecule has 0 fully saturated rings. The highest BCUT2D eigenvalue weighted by Crippen LogP contribution is 2.21. The normalized spacial score (nSPS) is 15.4. The lowest BCUT2D eigenvalue weighted by atomic mass is 10.2. The summed E-state index contributed by atoms with van der Waals surface area (Å²) in [5.41, 5.74) is 0.736. The summed E-state index contributed by atoms with van der Waals surface area (Å²) in [6.45, 7) is 5.30. The van der Waals surface area contributed by atoms with Crippen LogP contribution in [-0.4, -0.2) is 33.2 Å². The van der Waals surface area contributed by atoms with Gasteiger partial charge in [0.15, 0.2) is 0 Å². The van der Waals surface area contributed by atoms with E-state index in [2.05, 4.69) is 15.5 Å². The summed E-state index contributed by atoms with van der Waals surface area (Å²) >= 11 is 0. The van der Waals surface area contributed by atoms with E-state index in [1.54, 1.807) is 19.2 Å². The fourth-order valence-corrected chi connectivity index (χ4v) is 2.21. The van der Waals surface area contributed by atoms with Crippen molar-refractivity contribution in [3.63, 3.8) is 0 Å². The molecule has 3 heterocycles. The number of amides is 1. The maximum Gasteiger partial charge on any atom is 0.249 e. The molecule has 3 rings (SSSR count). The van der Waals surface area contributed by atoms with Gasteiger partial charge in [-0.3, -0.25) is 10.1 Å².